The molecule has 6 nitrogen and oxygen atoms in total. The first kappa shape index (κ1) is 22.6. The van der Waals surface area contributed by atoms with Crippen molar-refractivity contribution < 1.29 is 22.4 Å². The summed E-state index contributed by atoms with van der Waals surface area (Å²) in [4.78, 5) is 15.3. The molecule has 168 valence electrons. The maximum atomic E-state index is 13.2. The molecule has 4 rings (SSSR count). The molecule has 3 aromatic rings. The van der Waals surface area contributed by atoms with E-state index in [1.807, 2.05) is 12.1 Å². The van der Waals surface area contributed by atoms with E-state index in [1.54, 1.807) is 35.2 Å². The number of carbonyl (C=O) groups is 1. The van der Waals surface area contributed by atoms with Gasteiger partial charge in [0, 0.05) is 27.7 Å². The second-order valence-corrected chi connectivity index (χ2v) is 9.07. The highest BCUT2D eigenvalue weighted by Crippen LogP contribution is 2.40. The van der Waals surface area contributed by atoms with Crippen LogP contribution in [-0.2, 0) is 16.9 Å². The van der Waals surface area contributed by atoms with E-state index >= 15 is 0 Å². The van der Waals surface area contributed by atoms with Crippen molar-refractivity contribution in [3.8, 4) is 11.5 Å². The number of hydrogen-bond acceptors (Lipinski definition) is 6. The van der Waals surface area contributed by atoms with Gasteiger partial charge in [0.05, 0.1) is 12.2 Å². The summed E-state index contributed by atoms with van der Waals surface area (Å²) in [5.41, 5.74) is 4.50. The molecule has 0 saturated heterocycles. The minimum atomic E-state index is -4.76. The normalized spacial score (nSPS) is 16.4. The van der Waals surface area contributed by atoms with Crippen LogP contribution in [0, 0.1) is 0 Å². The average molecular weight is 483 g/mol. The van der Waals surface area contributed by atoms with Crippen LogP contribution in [0.4, 0.5) is 18.9 Å². The molecule has 2 aromatic carbocycles. The third-order valence-corrected chi connectivity index (χ3v) is 6.40. The van der Waals surface area contributed by atoms with Gasteiger partial charge in [0.25, 0.3) is 0 Å². The summed E-state index contributed by atoms with van der Waals surface area (Å²) < 4.78 is 44.9. The highest BCUT2D eigenvalue weighted by Gasteiger charge is 2.53. The minimum Gasteiger partial charge on any atom is -0.418 e. The standard InChI is InChI=1S/C21H18ClF3N4O2S/c1-20(26,21(23,24)25)19-28-27-18(31-19)13-4-7-16-15(10-13)29(17(30)8-9-32-16)11-12-2-5-14(22)6-3-12/h2-7,10H,8-9,11,26H2,1H3. The van der Waals surface area contributed by atoms with Crippen molar-refractivity contribution in [1.82, 2.24) is 10.2 Å². The first-order valence-electron chi connectivity index (χ1n) is 9.58. The highest BCUT2D eigenvalue weighted by atomic mass is 35.5. The number of nitrogens with zero attached hydrogens (tertiary/aromatic N) is 3. The molecule has 1 aliphatic heterocycles. The van der Waals surface area contributed by atoms with Crippen molar-refractivity contribution in [2.24, 2.45) is 5.73 Å². The second-order valence-electron chi connectivity index (χ2n) is 7.50. The molecule has 1 aromatic heterocycles. The summed E-state index contributed by atoms with van der Waals surface area (Å²) >= 11 is 7.48. The summed E-state index contributed by atoms with van der Waals surface area (Å²) in [6.07, 6.45) is -4.41. The molecule has 32 heavy (non-hydrogen) atoms. The number of nitrogens with two attached hydrogens (primary N) is 1. The maximum absolute atomic E-state index is 13.2. The largest absolute Gasteiger partial charge is 0.418 e. The summed E-state index contributed by atoms with van der Waals surface area (Å²) in [6.45, 7) is 1.08. The van der Waals surface area contributed by atoms with Gasteiger partial charge in [0.15, 0.2) is 5.54 Å². The minimum absolute atomic E-state index is 0.0684. The number of aromatic nitrogens is 2. The molecule has 0 fully saturated rings. The van der Waals surface area contributed by atoms with Crippen molar-refractivity contribution >= 4 is 35.0 Å². The molecule has 1 amide bonds. The predicted octanol–water partition coefficient (Wildman–Crippen LogP) is 5.16. The van der Waals surface area contributed by atoms with Crippen molar-refractivity contribution in [2.75, 3.05) is 10.7 Å². The zero-order valence-corrected chi connectivity index (χ0v) is 18.4. The molecule has 2 heterocycles. The smallest absolute Gasteiger partial charge is 0.415 e. The van der Waals surface area contributed by atoms with Crippen LogP contribution in [0.5, 0.6) is 0 Å². The van der Waals surface area contributed by atoms with Crippen molar-refractivity contribution in [2.45, 2.75) is 36.5 Å². The number of amides is 1. The van der Waals surface area contributed by atoms with Crippen LogP contribution < -0.4 is 10.6 Å². The van der Waals surface area contributed by atoms with E-state index < -0.39 is 17.6 Å². The van der Waals surface area contributed by atoms with E-state index in [1.165, 1.54) is 11.8 Å². The summed E-state index contributed by atoms with van der Waals surface area (Å²) in [7, 11) is 0. The quantitative estimate of drug-likeness (QED) is 0.553. The zero-order chi connectivity index (χ0) is 23.1. The molecule has 11 heteroatoms. The number of fused-ring (bicyclic) bond motifs is 1. The number of thioether (sulfide) groups is 1. The fraction of sp³-hybridized carbons (Fsp3) is 0.286. The molecule has 1 atom stereocenters. The van der Waals surface area contributed by atoms with Gasteiger partial charge < -0.3 is 15.1 Å². The van der Waals surface area contributed by atoms with Crippen molar-refractivity contribution in [3.05, 3.63) is 58.9 Å². The molecule has 1 unspecified atom stereocenters. The van der Waals surface area contributed by atoms with Crippen LogP contribution >= 0.6 is 23.4 Å². The topological polar surface area (TPSA) is 85.2 Å². The fourth-order valence-corrected chi connectivity index (χ4v) is 4.22. The van der Waals surface area contributed by atoms with Gasteiger partial charge in [-0.25, -0.2) is 0 Å². The highest BCUT2D eigenvalue weighted by molar-refractivity contribution is 7.99. The van der Waals surface area contributed by atoms with Gasteiger partial charge in [-0.1, -0.05) is 23.7 Å². The summed E-state index contributed by atoms with van der Waals surface area (Å²) in [6, 6.07) is 12.3. The van der Waals surface area contributed by atoms with Crippen LogP contribution in [0.2, 0.25) is 5.02 Å². The lowest BCUT2D eigenvalue weighted by Gasteiger charge is -2.23. The monoisotopic (exact) mass is 482 g/mol. The first-order chi connectivity index (χ1) is 15.1. The summed E-state index contributed by atoms with van der Waals surface area (Å²) in [5.74, 6) is -0.305. The molecule has 0 spiro atoms. The van der Waals surface area contributed by atoms with Gasteiger partial charge in [-0.3, -0.25) is 4.79 Å². The number of alkyl halides is 3. The Balaban J connectivity index is 1.71. The molecule has 1 aliphatic rings. The fourth-order valence-electron chi connectivity index (χ4n) is 3.12. The Bertz CT molecular complexity index is 1150. The molecule has 0 bridgehead atoms. The Hall–Kier alpha value is -2.56. The summed E-state index contributed by atoms with van der Waals surface area (Å²) in [5, 5.41) is 7.86. The SMILES string of the molecule is CC(N)(c1nnc(-c2ccc3c(c2)N(Cc2ccc(Cl)cc2)C(=O)CCS3)o1)C(F)(F)F. The lowest BCUT2D eigenvalue weighted by molar-refractivity contribution is -0.190. The van der Waals surface area contributed by atoms with Gasteiger partial charge in [-0.05, 0) is 42.8 Å². The van der Waals surface area contributed by atoms with Crippen molar-refractivity contribution in [3.63, 3.8) is 0 Å². The number of halogens is 4. The van der Waals surface area contributed by atoms with Gasteiger partial charge >= 0.3 is 6.18 Å². The molecule has 0 aliphatic carbocycles. The maximum Gasteiger partial charge on any atom is 0.415 e. The number of anilines is 1. The van der Waals surface area contributed by atoms with Crippen LogP contribution in [0.25, 0.3) is 11.5 Å². The molecule has 0 saturated carbocycles. The van der Waals surface area contributed by atoms with Gasteiger partial charge in [-0.15, -0.1) is 22.0 Å². The Kier molecular flexibility index (Phi) is 5.95. The average Bonchev–Trinajstić information content (AvgIpc) is 3.18. The Labute approximate surface area is 190 Å². The van der Waals surface area contributed by atoms with Crippen LogP contribution in [-0.4, -0.2) is 28.0 Å². The first-order valence-corrected chi connectivity index (χ1v) is 10.9. The van der Waals surface area contributed by atoms with Gasteiger partial charge in [0.2, 0.25) is 17.7 Å². The van der Waals surface area contributed by atoms with E-state index in [0.717, 1.165) is 17.4 Å². The third-order valence-electron chi connectivity index (χ3n) is 5.08. The Morgan fingerprint density at radius 3 is 2.59 bits per heavy atom. The molecular weight excluding hydrogens is 465 g/mol. The molecular formula is C21H18ClF3N4O2S. The number of carbonyl (C=O) groups excluding carboxylic acids is 1. The lowest BCUT2D eigenvalue weighted by Crippen LogP contribution is -2.48. The number of rotatable bonds is 4. The van der Waals surface area contributed by atoms with E-state index in [4.69, 9.17) is 21.8 Å². The van der Waals surface area contributed by atoms with Gasteiger partial charge in [0.1, 0.15) is 0 Å². The lowest BCUT2D eigenvalue weighted by atomic mass is 10.0. The number of hydrogen-bond donors (Lipinski definition) is 1. The third kappa shape index (κ3) is 4.35. The van der Waals surface area contributed by atoms with Crippen LogP contribution in [0.15, 0.2) is 51.8 Å². The molecule has 0 radical (unpaired) electrons. The molecule has 2 N–H and O–H groups in total. The zero-order valence-electron chi connectivity index (χ0n) is 16.8. The van der Waals surface area contributed by atoms with E-state index in [-0.39, 0.29) is 11.8 Å². The predicted molar refractivity (Wildman–Crippen MR) is 115 cm³/mol. The Morgan fingerprint density at radius 2 is 1.91 bits per heavy atom. The van der Waals surface area contributed by atoms with E-state index in [9.17, 15) is 18.0 Å². The van der Waals surface area contributed by atoms with Crippen LogP contribution in [0.3, 0.4) is 0 Å². The number of benzene rings is 2. The van der Waals surface area contributed by atoms with E-state index in [2.05, 4.69) is 10.2 Å². The second kappa shape index (κ2) is 8.42. The Morgan fingerprint density at radius 1 is 1.19 bits per heavy atom. The van der Waals surface area contributed by atoms with Crippen LogP contribution in [0.1, 0.15) is 24.8 Å². The van der Waals surface area contributed by atoms with E-state index in [0.29, 0.717) is 35.0 Å². The van der Waals surface area contributed by atoms with Crippen molar-refractivity contribution in [1.29, 1.82) is 0 Å². The van der Waals surface area contributed by atoms with Gasteiger partial charge in [-0.2, -0.15) is 13.2 Å².